The zero-order chi connectivity index (χ0) is 13.5. The Balaban J connectivity index is 1.80. The molecule has 0 unspecified atom stereocenters. The number of para-hydroxylation sites is 1. The molecule has 1 aromatic carbocycles. The minimum Gasteiger partial charge on any atom is -0.340 e. The minimum atomic E-state index is 0.717. The van der Waals surface area contributed by atoms with Crippen LogP contribution in [-0.2, 0) is 6.54 Å². The Hall–Kier alpha value is -2.26. The molecule has 98 valence electrons. The van der Waals surface area contributed by atoms with Crippen LogP contribution < -0.4 is 0 Å². The van der Waals surface area contributed by atoms with Crippen LogP contribution in [0.15, 0.2) is 61.1 Å². The molecular weight excluding hydrogens is 270 g/mol. The molecule has 0 aliphatic carbocycles. The third-order valence-corrected chi connectivity index (χ3v) is 3.79. The van der Waals surface area contributed by atoms with Crippen LogP contribution in [0.4, 0.5) is 0 Å². The predicted octanol–water partition coefficient (Wildman–Crippen LogP) is 3.99. The van der Waals surface area contributed by atoms with Crippen molar-refractivity contribution in [3.63, 3.8) is 0 Å². The van der Waals surface area contributed by atoms with E-state index in [1.54, 1.807) is 0 Å². The van der Waals surface area contributed by atoms with Crippen LogP contribution in [-0.4, -0.2) is 14.0 Å². The fourth-order valence-electron chi connectivity index (χ4n) is 2.58. The van der Waals surface area contributed by atoms with Gasteiger partial charge in [-0.1, -0.05) is 29.8 Å². The van der Waals surface area contributed by atoms with Gasteiger partial charge in [0.25, 0.3) is 0 Å². The van der Waals surface area contributed by atoms with Gasteiger partial charge in [-0.3, -0.25) is 0 Å². The first-order valence-corrected chi connectivity index (χ1v) is 6.85. The molecule has 0 bridgehead atoms. The van der Waals surface area contributed by atoms with Crippen LogP contribution >= 0.6 is 11.6 Å². The maximum atomic E-state index is 6.30. The van der Waals surface area contributed by atoms with Gasteiger partial charge in [0.1, 0.15) is 5.65 Å². The molecule has 0 aliphatic rings. The van der Waals surface area contributed by atoms with E-state index in [9.17, 15) is 0 Å². The van der Waals surface area contributed by atoms with Crippen molar-refractivity contribution in [1.82, 2.24) is 14.0 Å². The zero-order valence-corrected chi connectivity index (χ0v) is 11.5. The molecule has 0 amide bonds. The third kappa shape index (κ3) is 1.79. The number of aromatic nitrogens is 3. The number of halogens is 1. The first-order valence-electron chi connectivity index (χ1n) is 6.47. The predicted molar refractivity (Wildman–Crippen MR) is 81.2 cm³/mol. The summed E-state index contributed by atoms with van der Waals surface area (Å²) in [5, 5.41) is 1.93. The van der Waals surface area contributed by atoms with Crippen molar-refractivity contribution in [1.29, 1.82) is 0 Å². The Morgan fingerprint density at radius 1 is 1.00 bits per heavy atom. The summed E-state index contributed by atoms with van der Waals surface area (Å²) in [6.45, 7) is 0.717. The fourth-order valence-corrected chi connectivity index (χ4v) is 2.87. The van der Waals surface area contributed by atoms with Crippen molar-refractivity contribution in [3.8, 4) is 0 Å². The Morgan fingerprint density at radius 2 is 1.95 bits per heavy atom. The Kier molecular flexibility index (Phi) is 2.54. The fraction of sp³-hybridized carbons (Fsp3) is 0.0625. The highest BCUT2D eigenvalue weighted by atomic mass is 35.5. The number of imidazole rings is 1. The first-order chi connectivity index (χ1) is 9.81. The first kappa shape index (κ1) is 11.6. The SMILES string of the molecule is Clc1cccc2ccn(Cc3cn4ccccc4n3)c12. The van der Waals surface area contributed by atoms with Crippen LogP contribution in [0, 0.1) is 0 Å². The summed E-state index contributed by atoms with van der Waals surface area (Å²) in [6.07, 6.45) is 6.12. The molecule has 0 saturated heterocycles. The van der Waals surface area contributed by atoms with Gasteiger partial charge in [0.05, 0.1) is 22.8 Å². The number of benzene rings is 1. The molecule has 0 fully saturated rings. The van der Waals surface area contributed by atoms with Crippen LogP contribution in [0.25, 0.3) is 16.6 Å². The summed E-state index contributed by atoms with van der Waals surface area (Å²) < 4.78 is 4.17. The van der Waals surface area contributed by atoms with Gasteiger partial charge in [0.15, 0.2) is 0 Å². The number of fused-ring (bicyclic) bond motifs is 2. The lowest BCUT2D eigenvalue weighted by atomic mass is 10.2. The molecule has 0 saturated carbocycles. The molecule has 0 radical (unpaired) electrons. The molecule has 0 aliphatic heterocycles. The van der Waals surface area contributed by atoms with Gasteiger partial charge < -0.3 is 8.97 Å². The minimum absolute atomic E-state index is 0.717. The van der Waals surface area contributed by atoms with E-state index in [0.29, 0.717) is 0 Å². The number of nitrogens with zero attached hydrogens (tertiary/aromatic N) is 3. The molecule has 4 aromatic rings. The van der Waals surface area contributed by atoms with Crippen molar-refractivity contribution >= 4 is 28.2 Å². The van der Waals surface area contributed by atoms with Gasteiger partial charge in [0.2, 0.25) is 0 Å². The lowest BCUT2D eigenvalue weighted by Crippen LogP contribution is -1.98. The zero-order valence-electron chi connectivity index (χ0n) is 10.7. The number of pyridine rings is 1. The normalized spacial score (nSPS) is 11.4. The highest BCUT2D eigenvalue weighted by molar-refractivity contribution is 6.35. The third-order valence-electron chi connectivity index (χ3n) is 3.49. The summed E-state index contributed by atoms with van der Waals surface area (Å²) in [4.78, 5) is 4.62. The molecule has 0 spiro atoms. The van der Waals surface area contributed by atoms with E-state index in [-0.39, 0.29) is 0 Å². The van der Waals surface area contributed by atoms with E-state index in [4.69, 9.17) is 11.6 Å². The summed E-state index contributed by atoms with van der Waals surface area (Å²) in [7, 11) is 0. The van der Waals surface area contributed by atoms with E-state index in [1.807, 2.05) is 40.9 Å². The standard InChI is InChI=1S/C16H12ClN3/c17-14-5-3-4-12-7-9-20(16(12)14)11-13-10-19-8-2-1-6-15(19)18-13/h1-10H,11H2. The molecule has 3 aromatic heterocycles. The van der Waals surface area contributed by atoms with Gasteiger partial charge in [-0.05, 0) is 24.3 Å². The van der Waals surface area contributed by atoms with Crippen molar-refractivity contribution in [2.45, 2.75) is 6.54 Å². The van der Waals surface area contributed by atoms with E-state index in [0.717, 1.165) is 33.8 Å². The van der Waals surface area contributed by atoms with Gasteiger partial charge in [0, 0.05) is 24.0 Å². The van der Waals surface area contributed by atoms with E-state index in [1.165, 1.54) is 0 Å². The van der Waals surface area contributed by atoms with Crippen molar-refractivity contribution in [3.05, 3.63) is 71.8 Å². The van der Waals surface area contributed by atoms with Crippen molar-refractivity contribution in [2.24, 2.45) is 0 Å². The summed E-state index contributed by atoms with van der Waals surface area (Å²) in [5.41, 5.74) is 3.05. The maximum absolute atomic E-state index is 6.30. The topological polar surface area (TPSA) is 22.2 Å². The molecule has 4 rings (SSSR count). The average molecular weight is 282 g/mol. The summed E-state index contributed by atoms with van der Waals surface area (Å²) in [5.74, 6) is 0. The Bertz CT molecular complexity index is 871. The second-order valence-electron chi connectivity index (χ2n) is 4.82. The molecule has 0 N–H and O–H groups in total. The molecule has 4 heteroatoms. The summed E-state index contributed by atoms with van der Waals surface area (Å²) in [6, 6.07) is 14.0. The van der Waals surface area contributed by atoms with Crippen LogP contribution in [0.5, 0.6) is 0 Å². The lowest BCUT2D eigenvalue weighted by molar-refractivity contribution is 0.815. The van der Waals surface area contributed by atoms with E-state index < -0.39 is 0 Å². The largest absolute Gasteiger partial charge is 0.340 e. The number of hydrogen-bond donors (Lipinski definition) is 0. The molecule has 0 atom stereocenters. The van der Waals surface area contributed by atoms with Gasteiger partial charge in [-0.2, -0.15) is 0 Å². The van der Waals surface area contributed by atoms with Crippen molar-refractivity contribution in [2.75, 3.05) is 0 Å². The molecule has 3 nitrogen and oxygen atoms in total. The summed E-state index contributed by atoms with van der Waals surface area (Å²) >= 11 is 6.30. The molecule has 20 heavy (non-hydrogen) atoms. The second kappa shape index (κ2) is 4.39. The smallest absolute Gasteiger partial charge is 0.137 e. The number of hydrogen-bond acceptors (Lipinski definition) is 1. The van der Waals surface area contributed by atoms with Crippen LogP contribution in [0.1, 0.15) is 5.69 Å². The van der Waals surface area contributed by atoms with E-state index in [2.05, 4.69) is 34.1 Å². The molecular formula is C16H12ClN3. The lowest BCUT2D eigenvalue weighted by Gasteiger charge is -2.04. The van der Waals surface area contributed by atoms with Crippen LogP contribution in [0.3, 0.4) is 0 Å². The van der Waals surface area contributed by atoms with Crippen molar-refractivity contribution < 1.29 is 0 Å². The highest BCUT2D eigenvalue weighted by Crippen LogP contribution is 2.25. The Labute approximate surface area is 121 Å². The number of rotatable bonds is 2. The Morgan fingerprint density at radius 3 is 2.85 bits per heavy atom. The second-order valence-corrected chi connectivity index (χ2v) is 5.23. The van der Waals surface area contributed by atoms with Gasteiger partial charge in [-0.25, -0.2) is 4.98 Å². The van der Waals surface area contributed by atoms with Gasteiger partial charge >= 0.3 is 0 Å². The maximum Gasteiger partial charge on any atom is 0.137 e. The van der Waals surface area contributed by atoms with Crippen LogP contribution in [0.2, 0.25) is 5.02 Å². The van der Waals surface area contributed by atoms with E-state index >= 15 is 0 Å². The highest BCUT2D eigenvalue weighted by Gasteiger charge is 2.07. The monoisotopic (exact) mass is 281 g/mol. The quantitative estimate of drug-likeness (QED) is 0.544. The average Bonchev–Trinajstić information content (AvgIpc) is 3.03. The van der Waals surface area contributed by atoms with Gasteiger partial charge in [-0.15, -0.1) is 0 Å². The molecule has 3 heterocycles.